The predicted molar refractivity (Wildman–Crippen MR) is 106 cm³/mol. The van der Waals surface area contributed by atoms with Crippen LogP contribution in [0.2, 0.25) is 0 Å². The molecular formula is C22H23FN2O4. The summed E-state index contributed by atoms with van der Waals surface area (Å²) < 4.78 is 19.8. The minimum absolute atomic E-state index is 0.0360. The quantitative estimate of drug-likeness (QED) is 0.802. The van der Waals surface area contributed by atoms with Crippen LogP contribution in [0.1, 0.15) is 45.2 Å². The predicted octanol–water partition coefficient (Wildman–Crippen LogP) is 3.16. The van der Waals surface area contributed by atoms with Crippen LogP contribution in [0.3, 0.4) is 0 Å². The smallest absolute Gasteiger partial charge is 0.254 e. The van der Waals surface area contributed by atoms with Crippen LogP contribution in [0.25, 0.3) is 0 Å². The number of benzene rings is 2. The Balaban J connectivity index is 1.53. The van der Waals surface area contributed by atoms with Gasteiger partial charge in [0.2, 0.25) is 0 Å². The van der Waals surface area contributed by atoms with Crippen molar-refractivity contribution in [1.82, 2.24) is 4.90 Å². The number of aromatic hydroxyl groups is 1. The standard InChI is InChI=1S/C22H23FN2O4/c23-19-12-16(10-17(14-26)21(19)27)22(28)25-8-9-29-20(13-25)15-4-3-5-18(11-15)24-6-1-2-7-24/h3-5,10-12,14,20,27H,1-2,6-9,13H2/t20-/m0/s1. The highest BCUT2D eigenvalue weighted by Gasteiger charge is 2.28. The van der Waals surface area contributed by atoms with Crippen molar-refractivity contribution < 1.29 is 23.8 Å². The maximum Gasteiger partial charge on any atom is 0.254 e. The summed E-state index contributed by atoms with van der Waals surface area (Å²) in [5.41, 5.74) is 1.95. The van der Waals surface area contributed by atoms with Gasteiger partial charge in [0.05, 0.1) is 18.7 Å². The van der Waals surface area contributed by atoms with Crippen molar-refractivity contribution >= 4 is 17.9 Å². The van der Waals surface area contributed by atoms with Gasteiger partial charge >= 0.3 is 0 Å². The molecule has 2 aromatic carbocycles. The fourth-order valence-corrected chi connectivity index (χ4v) is 3.95. The highest BCUT2D eigenvalue weighted by atomic mass is 19.1. The number of carbonyl (C=O) groups is 2. The SMILES string of the molecule is O=Cc1cc(C(=O)N2CCO[C@H](c3cccc(N4CCCC4)c3)C2)cc(F)c1O. The molecule has 2 aliphatic rings. The largest absolute Gasteiger partial charge is 0.504 e. The van der Waals surface area contributed by atoms with Crippen LogP contribution in [0.4, 0.5) is 10.1 Å². The zero-order valence-electron chi connectivity index (χ0n) is 16.0. The molecule has 1 atom stereocenters. The van der Waals surface area contributed by atoms with Crippen molar-refractivity contribution in [2.24, 2.45) is 0 Å². The Kier molecular flexibility index (Phi) is 5.49. The third-order valence-corrected chi connectivity index (χ3v) is 5.53. The second-order valence-electron chi connectivity index (χ2n) is 7.41. The molecule has 2 aromatic rings. The number of nitrogens with zero attached hydrogens (tertiary/aromatic N) is 2. The average Bonchev–Trinajstić information content (AvgIpc) is 3.30. The van der Waals surface area contributed by atoms with Crippen molar-refractivity contribution in [2.75, 3.05) is 37.7 Å². The Labute approximate surface area is 168 Å². The number of carbonyl (C=O) groups excluding carboxylic acids is 2. The molecule has 0 saturated carbocycles. The molecule has 0 spiro atoms. The van der Waals surface area contributed by atoms with Crippen LogP contribution < -0.4 is 4.90 Å². The molecule has 4 rings (SSSR count). The normalized spacial score (nSPS) is 19.4. The first-order valence-electron chi connectivity index (χ1n) is 9.80. The summed E-state index contributed by atoms with van der Waals surface area (Å²) in [6.45, 7) is 3.17. The fourth-order valence-electron chi connectivity index (χ4n) is 3.95. The van der Waals surface area contributed by atoms with Crippen molar-refractivity contribution in [3.8, 4) is 5.75 Å². The maximum absolute atomic E-state index is 13.9. The Morgan fingerprint density at radius 2 is 1.97 bits per heavy atom. The van der Waals surface area contributed by atoms with Crippen molar-refractivity contribution in [1.29, 1.82) is 0 Å². The van der Waals surface area contributed by atoms with E-state index in [9.17, 15) is 19.1 Å². The molecule has 6 nitrogen and oxygen atoms in total. The van der Waals surface area contributed by atoms with Gasteiger partial charge in [0, 0.05) is 30.9 Å². The Hall–Kier alpha value is -2.93. The minimum atomic E-state index is -0.985. The molecule has 0 aliphatic carbocycles. The topological polar surface area (TPSA) is 70.1 Å². The number of ether oxygens (including phenoxy) is 1. The molecule has 0 unspecified atom stereocenters. The van der Waals surface area contributed by atoms with E-state index in [2.05, 4.69) is 17.0 Å². The van der Waals surface area contributed by atoms with Gasteiger partial charge in [-0.3, -0.25) is 9.59 Å². The van der Waals surface area contributed by atoms with Gasteiger partial charge in [0.15, 0.2) is 17.9 Å². The lowest BCUT2D eigenvalue weighted by Crippen LogP contribution is -2.42. The van der Waals surface area contributed by atoms with E-state index >= 15 is 0 Å². The van der Waals surface area contributed by atoms with Gasteiger partial charge in [-0.05, 0) is 42.7 Å². The molecule has 1 amide bonds. The van der Waals surface area contributed by atoms with E-state index in [-0.39, 0.29) is 17.2 Å². The minimum Gasteiger partial charge on any atom is -0.504 e. The average molecular weight is 398 g/mol. The van der Waals surface area contributed by atoms with Crippen LogP contribution in [0.15, 0.2) is 36.4 Å². The molecule has 152 valence electrons. The zero-order chi connectivity index (χ0) is 20.4. The van der Waals surface area contributed by atoms with E-state index in [1.807, 2.05) is 12.1 Å². The Morgan fingerprint density at radius 3 is 2.72 bits per heavy atom. The molecule has 29 heavy (non-hydrogen) atoms. The van der Waals surface area contributed by atoms with Gasteiger partial charge in [0.25, 0.3) is 5.91 Å². The van der Waals surface area contributed by atoms with Crippen LogP contribution in [0.5, 0.6) is 5.75 Å². The van der Waals surface area contributed by atoms with E-state index in [0.717, 1.165) is 30.4 Å². The number of amides is 1. The lowest BCUT2D eigenvalue weighted by molar-refractivity contribution is -0.0228. The van der Waals surface area contributed by atoms with Crippen LogP contribution >= 0.6 is 0 Å². The molecule has 2 aliphatic heterocycles. The number of rotatable bonds is 4. The molecule has 1 N–H and O–H groups in total. The Morgan fingerprint density at radius 1 is 1.17 bits per heavy atom. The summed E-state index contributed by atoms with van der Waals surface area (Å²) >= 11 is 0. The zero-order valence-corrected chi connectivity index (χ0v) is 16.0. The van der Waals surface area contributed by atoms with E-state index in [1.54, 1.807) is 4.90 Å². The lowest BCUT2D eigenvalue weighted by Gasteiger charge is -2.33. The first kappa shape index (κ1) is 19.4. The fraction of sp³-hybridized carbons (Fsp3) is 0.364. The van der Waals surface area contributed by atoms with Gasteiger partial charge in [-0.1, -0.05) is 12.1 Å². The van der Waals surface area contributed by atoms with E-state index < -0.39 is 17.5 Å². The van der Waals surface area contributed by atoms with Gasteiger partial charge in [0.1, 0.15) is 6.10 Å². The first-order chi connectivity index (χ1) is 14.1. The molecule has 0 aromatic heterocycles. The van der Waals surface area contributed by atoms with E-state index in [1.165, 1.54) is 18.9 Å². The Bertz CT molecular complexity index is 927. The lowest BCUT2D eigenvalue weighted by atomic mass is 10.0. The van der Waals surface area contributed by atoms with E-state index in [4.69, 9.17) is 4.74 Å². The maximum atomic E-state index is 13.9. The number of hydrogen-bond donors (Lipinski definition) is 1. The van der Waals surface area contributed by atoms with Crippen LogP contribution in [-0.4, -0.2) is 55.0 Å². The van der Waals surface area contributed by atoms with Crippen LogP contribution in [-0.2, 0) is 4.74 Å². The molecule has 7 heteroatoms. The second-order valence-corrected chi connectivity index (χ2v) is 7.41. The molecular weight excluding hydrogens is 375 g/mol. The summed E-state index contributed by atoms with van der Waals surface area (Å²) in [7, 11) is 0. The van der Waals surface area contributed by atoms with Gasteiger partial charge in [-0.2, -0.15) is 0 Å². The van der Waals surface area contributed by atoms with Gasteiger partial charge in [-0.15, -0.1) is 0 Å². The molecule has 0 bridgehead atoms. The molecule has 2 saturated heterocycles. The molecule has 0 radical (unpaired) electrons. The third kappa shape index (κ3) is 3.96. The highest BCUT2D eigenvalue weighted by molar-refractivity contribution is 5.96. The van der Waals surface area contributed by atoms with E-state index in [0.29, 0.717) is 26.0 Å². The number of morpholine rings is 1. The first-order valence-corrected chi connectivity index (χ1v) is 9.80. The number of anilines is 1. The summed E-state index contributed by atoms with van der Waals surface area (Å²) in [5.74, 6) is -2.12. The third-order valence-electron chi connectivity index (χ3n) is 5.53. The number of aldehydes is 1. The second kappa shape index (κ2) is 8.21. The van der Waals surface area contributed by atoms with Crippen molar-refractivity contribution in [3.63, 3.8) is 0 Å². The monoisotopic (exact) mass is 398 g/mol. The van der Waals surface area contributed by atoms with Crippen molar-refractivity contribution in [2.45, 2.75) is 18.9 Å². The number of phenols is 1. The summed E-state index contributed by atoms with van der Waals surface area (Å²) in [6, 6.07) is 10.4. The highest BCUT2D eigenvalue weighted by Crippen LogP contribution is 2.29. The van der Waals surface area contributed by atoms with Gasteiger partial charge in [-0.25, -0.2) is 4.39 Å². The summed E-state index contributed by atoms with van der Waals surface area (Å²) in [5, 5.41) is 9.57. The molecule has 2 heterocycles. The number of hydrogen-bond acceptors (Lipinski definition) is 5. The van der Waals surface area contributed by atoms with Crippen LogP contribution in [0, 0.1) is 5.82 Å². The number of halogens is 1. The number of phenolic OH excluding ortho intramolecular Hbond substituents is 1. The summed E-state index contributed by atoms with van der Waals surface area (Å²) in [6.07, 6.45) is 2.44. The van der Waals surface area contributed by atoms with Crippen molar-refractivity contribution in [3.05, 3.63) is 58.9 Å². The van der Waals surface area contributed by atoms with Gasteiger partial charge < -0.3 is 19.6 Å². The molecule has 2 fully saturated rings. The summed E-state index contributed by atoms with van der Waals surface area (Å²) in [4.78, 5) is 27.9.